The quantitative estimate of drug-likeness (QED) is 0.754. The van der Waals surface area contributed by atoms with Crippen molar-refractivity contribution in [3.8, 4) is 0 Å². The minimum atomic E-state index is 0.0717. The zero-order valence-electron chi connectivity index (χ0n) is 9.37. The lowest BCUT2D eigenvalue weighted by Crippen LogP contribution is -2.10. The molecular formula is C12H12N4S. The maximum atomic E-state index is 5.85. The highest BCUT2D eigenvalue weighted by Gasteiger charge is 2.15. The van der Waals surface area contributed by atoms with E-state index < -0.39 is 0 Å². The summed E-state index contributed by atoms with van der Waals surface area (Å²) >= 11 is 1.68. The van der Waals surface area contributed by atoms with Gasteiger partial charge in [-0.25, -0.2) is 9.67 Å². The fourth-order valence-electron chi connectivity index (χ4n) is 1.82. The number of para-hydroxylation sites is 1. The Bertz CT molecular complexity index is 622. The first kappa shape index (κ1) is 10.3. The second-order valence-electron chi connectivity index (χ2n) is 3.90. The third-order valence-electron chi connectivity index (χ3n) is 2.74. The summed E-state index contributed by atoms with van der Waals surface area (Å²) in [7, 11) is 0. The summed E-state index contributed by atoms with van der Waals surface area (Å²) in [5.74, 6) is 0.664. The van der Waals surface area contributed by atoms with Crippen LogP contribution in [0.5, 0.6) is 0 Å². The van der Waals surface area contributed by atoms with Crippen LogP contribution < -0.4 is 5.73 Å². The molecule has 3 rings (SSSR count). The maximum Gasteiger partial charge on any atom is 0.122 e. The van der Waals surface area contributed by atoms with E-state index >= 15 is 0 Å². The van der Waals surface area contributed by atoms with E-state index in [1.807, 2.05) is 18.2 Å². The van der Waals surface area contributed by atoms with Crippen LogP contribution in [0.2, 0.25) is 0 Å². The first-order valence-corrected chi connectivity index (χ1v) is 6.22. The summed E-state index contributed by atoms with van der Waals surface area (Å²) in [6, 6.07) is 9.99. The zero-order chi connectivity index (χ0) is 11.8. The Morgan fingerprint density at radius 1 is 1.29 bits per heavy atom. The van der Waals surface area contributed by atoms with E-state index in [9.17, 15) is 0 Å². The maximum absolute atomic E-state index is 5.85. The molecule has 17 heavy (non-hydrogen) atoms. The van der Waals surface area contributed by atoms with Crippen LogP contribution >= 0.6 is 11.3 Å². The monoisotopic (exact) mass is 244 g/mol. The molecule has 3 aromatic rings. The number of hydrogen-bond acceptors (Lipinski definition) is 4. The number of nitrogens with two attached hydrogens (primary N) is 1. The summed E-state index contributed by atoms with van der Waals surface area (Å²) in [5.41, 5.74) is 6.88. The molecule has 0 spiro atoms. The van der Waals surface area contributed by atoms with Crippen molar-refractivity contribution in [3.05, 3.63) is 41.5 Å². The molecule has 0 radical (unpaired) electrons. The SMILES string of the molecule is CC(c1nc2ccccc2s1)n1nccc1N. The number of nitrogens with zero attached hydrogens (tertiary/aromatic N) is 3. The predicted octanol–water partition coefficient (Wildman–Crippen LogP) is 2.68. The Hall–Kier alpha value is -1.88. The number of aromatic nitrogens is 3. The molecule has 0 aliphatic carbocycles. The number of anilines is 1. The standard InChI is InChI=1S/C12H12N4S/c1-8(16-11(13)6-7-14-16)12-15-9-4-2-3-5-10(9)17-12/h2-8H,13H2,1H3. The molecule has 0 saturated carbocycles. The van der Waals surface area contributed by atoms with Crippen LogP contribution in [0.15, 0.2) is 36.5 Å². The Morgan fingerprint density at radius 3 is 2.82 bits per heavy atom. The van der Waals surface area contributed by atoms with Crippen molar-refractivity contribution in [3.63, 3.8) is 0 Å². The molecule has 0 saturated heterocycles. The van der Waals surface area contributed by atoms with Crippen molar-refractivity contribution in [1.82, 2.24) is 14.8 Å². The topological polar surface area (TPSA) is 56.7 Å². The minimum absolute atomic E-state index is 0.0717. The third kappa shape index (κ3) is 1.68. The summed E-state index contributed by atoms with van der Waals surface area (Å²) in [6.07, 6.45) is 1.71. The van der Waals surface area contributed by atoms with Gasteiger partial charge in [-0.15, -0.1) is 11.3 Å². The summed E-state index contributed by atoms with van der Waals surface area (Å²) in [6.45, 7) is 2.06. The van der Waals surface area contributed by atoms with E-state index in [2.05, 4.69) is 23.1 Å². The molecule has 0 aliphatic heterocycles. The molecule has 2 heterocycles. The van der Waals surface area contributed by atoms with Gasteiger partial charge >= 0.3 is 0 Å². The molecule has 4 nitrogen and oxygen atoms in total. The van der Waals surface area contributed by atoms with Gasteiger partial charge < -0.3 is 5.73 Å². The Balaban J connectivity index is 2.07. The van der Waals surface area contributed by atoms with Crippen molar-refractivity contribution in [2.24, 2.45) is 0 Å². The molecule has 0 amide bonds. The van der Waals surface area contributed by atoms with Crippen molar-refractivity contribution < 1.29 is 0 Å². The average molecular weight is 244 g/mol. The van der Waals surface area contributed by atoms with E-state index in [0.717, 1.165) is 10.5 Å². The molecule has 86 valence electrons. The van der Waals surface area contributed by atoms with Gasteiger partial charge in [0.1, 0.15) is 16.9 Å². The largest absolute Gasteiger partial charge is 0.384 e. The molecule has 2 aromatic heterocycles. The lowest BCUT2D eigenvalue weighted by molar-refractivity contribution is 0.571. The van der Waals surface area contributed by atoms with Gasteiger partial charge in [0.15, 0.2) is 0 Å². The first-order chi connectivity index (χ1) is 8.25. The number of rotatable bonds is 2. The summed E-state index contributed by atoms with van der Waals surface area (Å²) < 4.78 is 2.98. The first-order valence-electron chi connectivity index (χ1n) is 5.40. The van der Waals surface area contributed by atoms with E-state index in [1.165, 1.54) is 4.70 Å². The highest BCUT2D eigenvalue weighted by atomic mass is 32.1. The van der Waals surface area contributed by atoms with Crippen LogP contribution in [-0.2, 0) is 0 Å². The predicted molar refractivity (Wildman–Crippen MR) is 70.1 cm³/mol. The van der Waals surface area contributed by atoms with Crippen LogP contribution in [0, 0.1) is 0 Å². The second-order valence-corrected chi connectivity index (χ2v) is 4.96. The normalized spacial score (nSPS) is 13.0. The molecule has 5 heteroatoms. The van der Waals surface area contributed by atoms with Crippen LogP contribution in [0.4, 0.5) is 5.82 Å². The molecular weight excluding hydrogens is 232 g/mol. The third-order valence-corrected chi connectivity index (χ3v) is 3.94. The van der Waals surface area contributed by atoms with Gasteiger partial charge in [-0.2, -0.15) is 5.10 Å². The Kier molecular flexibility index (Phi) is 2.33. The fourth-order valence-corrected chi connectivity index (χ4v) is 2.83. The number of nitrogen functional groups attached to an aromatic ring is 1. The van der Waals surface area contributed by atoms with E-state index in [-0.39, 0.29) is 6.04 Å². The lowest BCUT2D eigenvalue weighted by Gasteiger charge is -2.10. The average Bonchev–Trinajstić information content (AvgIpc) is 2.93. The van der Waals surface area contributed by atoms with Crippen molar-refractivity contribution in [1.29, 1.82) is 0 Å². The highest BCUT2D eigenvalue weighted by molar-refractivity contribution is 7.18. The van der Waals surface area contributed by atoms with Gasteiger partial charge in [0, 0.05) is 0 Å². The van der Waals surface area contributed by atoms with Crippen LogP contribution in [0.3, 0.4) is 0 Å². The van der Waals surface area contributed by atoms with Crippen molar-refractivity contribution in [2.75, 3.05) is 5.73 Å². The van der Waals surface area contributed by atoms with Gasteiger partial charge in [0.05, 0.1) is 16.4 Å². The molecule has 0 aliphatic rings. The smallest absolute Gasteiger partial charge is 0.122 e. The molecule has 2 N–H and O–H groups in total. The van der Waals surface area contributed by atoms with E-state index in [1.54, 1.807) is 28.3 Å². The summed E-state index contributed by atoms with van der Waals surface area (Å²) in [5, 5.41) is 5.25. The molecule has 1 atom stereocenters. The molecule has 1 unspecified atom stereocenters. The minimum Gasteiger partial charge on any atom is -0.384 e. The lowest BCUT2D eigenvalue weighted by atomic mass is 10.3. The number of hydrogen-bond donors (Lipinski definition) is 1. The highest BCUT2D eigenvalue weighted by Crippen LogP contribution is 2.28. The van der Waals surface area contributed by atoms with Crippen LogP contribution in [0.1, 0.15) is 18.0 Å². The van der Waals surface area contributed by atoms with Gasteiger partial charge in [0.25, 0.3) is 0 Å². The van der Waals surface area contributed by atoms with Gasteiger partial charge in [-0.05, 0) is 25.1 Å². The fraction of sp³-hybridized carbons (Fsp3) is 0.167. The van der Waals surface area contributed by atoms with E-state index in [0.29, 0.717) is 5.82 Å². The second kappa shape index (κ2) is 3.85. The number of thiazole rings is 1. The molecule has 0 fully saturated rings. The molecule has 0 bridgehead atoms. The van der Waals surface area contributed by atoms with Gasteiger partial charge in [0.2, 0.25) is 0 Å². The molecule has 1 aromatic carbocycles. The summed E-state index contributed by atoms with van der Waals surface area (Å²) in [4.78, 5) is 4.61. The number of fused-ring (bicyclic) bond motifs is 1. The van der Waals surface area contributed by atoms with Crippen LogP contribution in [-0.4, -0.2) is 14.8 Å². The Labute approximate surface area is 103 Å². The van der Waals surface area contributed by atoms with Crippen molar-refractivity contribution >= 4 is 27.4 Å². The van der Waals surface area contributed by atoms with Crippen LogP contribution in [0.25, 0.3) is 10.2 Å². The van der Waals surface area contributed by atoms with Gasteiger partial charge in [-0.1, -0.05) is 12.1 Å². The zero-order valence-corrected chi connectivity index (χ0v) is 10.2. The van der Waals surface area contributed by atoms with E-state index in [4.69, 9.17) is 5.73 Å². The number of benzene rings is 1. The van der Waals surface area contributed by atoms with Gasteiger partial charge in [-0.3, -0.25) is 0 Å². The Morgan fingerprint density at radius 2 is 2.12 bits per heavy atom. The van der Waals surface area contributed by atoms with Crippen molar-refractivity contribution in [2.45, 2.75) is 13.0 Å².